The molecule has 2 heteroatoms. The molecule has 0 fully saturated rings. The van der Waals surface area contributed by atoms with Gasteiger partial charge in [-0.05, 0) is 0 Å². The van der Waals surface area contributed by atoms with Crippen LogP contribution in [0.5, 0.6) is 0 Å². The van der Waals surface area contributed by atoms with E-state index < -0.39 is 0 Å². The van der Waals surface area contributed by atoms with Gasteiger partial charge in [-0.3, -0.25) is 0 Å². The molecule has 7 heavy (non-hydrogen) atoms. The Kier molecular flexibility index (Phi) is 16.2. The molecule has 0 aromatic heterocycles. The quantitative estimate of drug-likeness (QED) is 0.555. The molecule has 0 N–H and O–H groups in total. The average molecular weight is 308 g/mol. The summed E-state index contributed by atoms with van der Waals surface area (Å²) in [5.41, 5.74) is 0. The predicted molar refractivity (Wildman–Crippen MR) is 31.6 cm³/mol. The molecular formula is C5H12ClHg. The topological polar surface area (TPSA) is 0 Å². The Morgan fingerprint density at radius 1 is 1.29 bits per heavy atom. The molecule has 0 saturated heterocycles. The van der Waals surface area contributed by atoms with Gasteiger partial charge in [0.25, 0.3) is 0 Å². The molecule has 0 nitrogen and oxygen atoms in total. The molecule has 0 amide bonds. The van der Waals surface area contributed by atoms with Gasteiger partial charge >= 0.3 is 56.2 Å². The third kappa shape index (κ3) is 11.0. The van der Waals surface area contributed by atoms with Gasteiger partial charge < -0.3 is 0 Å². The third-order valence-electron chi connectivity index (χ3n) is 0.854. The van der Waals surface area contributed by atoms with Crippen LogP contribution in [-0.4, -0.2) is 0 Å². The van der Waals surface area contributed by atoms with Crippen LogP contribution >= 0.6 is 12.4 Å². The average Bonchev–Trinajstić information content (AvgIpc) is 1.61. The van der Waals surface area contributed by atoms with Crippen molar-refractivity contribution in [1.82, 2.24) is 0 Å². The summed E-state index contributed by atoms with van der Waals surface area (Å²) in [6.07, 6.45) is 4.35. The maximum Gasteiger partial charge on any atom is -0.147 e. The monoisotopic (exact) mass is 309 g/mol. The molecular weight excluding hydrogens is 296 g/mol. The van der Waals surface area contributed by atoms with Crippen LogP contribution in [0.25, 0.3) is 0 Å². The summed E-state index contributed by atoms with van der Waals surface area (Å²) >= 11 is 1.07. The van der Waals surface area contributed by atoms with Crippen LogP contribution in [0.2, 0.25) is 3.93 Å². The summed E-state index contributed by atoms with van der Waals surface area (Å²) in [5, 5.41) is 0. The normalized spacial score (nSPS) is 7.86. The third-order valence-corrected chi connectivity index (χ3v) is 2.80. The van der Waals surface area contributed by atoms with Gasteiger partial charge in [0.05, 0.1) is 0 Å². The Bertz CT molecular complexity index is 20.0. The Balaban J connectivity index is 0. The van der Waals surface area contributed by atoms with E-state index in [4.69, 9.17) is 0 Å². The van der Waals surface area contributed by atoms with Crippen molar-refractivity contribution in [3.8, 4) is 0 Å². The molecule has 0 bridgehead atoms. The number of hydrogen-bond acceptors (Lipinski definition) is 0. The van der Waals surface area contributed by atoms with E-state index >= 15 is 0 Å². The van der Waals surface area contributed by atoms with Gasteiger partial charge in [-0.1, -0.05) is 0 Å². The van der Waals surface area contributed by atoms with Gasteiger partial charge in [0.2, 0.25) is 0 Å². The van der Waals surface area contributed by atoms with Crippen molar-refractivity contribution in [2.75, 3.05) is 0 Å². The summed E-state index contributed by atoms with van der Waals surface area (Å²) in [6, 6.07) is 0. The minimum Gasteiger partial charge on any atom is -0.147 e. The molecule has 0 unspecified atom stereocenters. The maximum absolute atomic E-state index is 2.25. The van der Waals surface area contributed by atoms with Crippen molar-refractivity contribution in [2.45, 2.75) is 30.1 Å². The van der Waals surface area contributed by atoms with Crippen LogP contribution in [0, 0.1) is 0 Å². The second-order valence-corrected chi connectivity index (χ2v) is 4.31. The predicted octanol–water partition coefficient (Wildman–Crippen LogP) is 2.56. The summed E-state index contributed by atoms with van der Waals surface area (Å²) in [5.74, 6) is 0. The molecule has 0 aromatic carbocycles. The molecule has 0 atom stereocenters. The van der Waals surface area contributed by atoms with Crippen molar-refractivity contribution in [3.05, 3.63) is 0 Å². The zero-order valence-electron chi connectivity index (χ0n) is 4.94. The van der Waals surface area contributed by atoms with Crippen LogP contribution < -0.4 is 0 Å². The minimum absolute atomic E-state index is 0. The van der Waals surface area contributed by atoms with Crippen molar-refractivity contribution in [1.29, 1.82) is 0 Å². The molecule has 0 aliphatic heterocycles. The zero-order chi connectivity index (χ0) is 4.83. The van der Waals surface area contributed by atoms with E-state index in [0.717, 1.165) is 26.1 Å². The van der Waals surface area contributed by atoms with Crippen LogP contribution in [0.3, 0.4) is 0 Å². The molecule has 0 aliphatic carbocycles. The molecule has 0 spiro atoms. The first-order valence-electron chi connectivity index (χ1n) is 2.71. The number of hydrogen-bond donors (Lipinski definition) is 0. The van der Waals surface area contributed by atoms with E-state index in [9.17, 15) is 0 Å². The molecule has 0 aliphatic rings. The van der Waals surface area contributed by atoms with Gasteiger partial charge in [-0.15, -0.1) is 12.4 Å². The van der Waals surface area contributed by atoms with E-state index in [1.165, 1.54) is 19.3 Å². The Labute approximate surface area is 68.4 Å². The fourth-order valence-electron chi connectivity index (χ4n) is 0.427. The Morgan fingerprint density at radius 3 is 2.00 bits per heavy atom. The largest absolute Gasteiger partial charge is 0.147 e. The van der Waals surface area contributed by atoms with Gasteiger partial charge in [0, 0.05) is 0 Å². The van der Waals surface area contributed by atoms with Gasteiger partial charge in [0.1, 0.15) is 0 Å². The van der Waals surface area contributed by atoms with Gasteiger partial charge in [-0.2, -0.15) is 0 Å². The molecule has 0 saturated carbocycles. The van der Waals surface area contributed by atoms with Crippen molar-refractivity contribution in [3.63, 3.8) is 0 Å². The number of rotatable bonds is 3. The smallest absolute Gasteiger partial charge is 0.147 e. The second kappa shape index (κ2) is 10.3. The fourth-order valence-corrected chi connectivity index (χ4v) is 1.80. The van der Waals surface area contributed by atoms with E-state index in [0.29, 0.717) is 0 Å². The van der Waals surface area contributed by atoms with Crippen LogP contribution in [0.15, 0.2) is 0 Å². The Morgan fingerprint density at radius 2 is 1.86 bits per heavy atom. The zero-order valence-corrected chi connectivity index (χ0v) is 11.3. The van der Waals surface area contributed by atoms with Crippen molar-refractivity contribution in [2.24, 2.45) is 0 Å². The minimum atomic E-state index is 0. The maximum atomic E-state index is 2.25. The van der Waals surface area contributed by atoms with Crippen molar-refractivity contribution < 1.29 is 26.1 Å². The summed E-state index contributed by atoms with van der Waals surface area (Å²) < 4.78 is 1.55. The van der Waals surface area contributed by atoms with Crippen molar-refractivity contribution >= 4 is 12.4 Å². The van der Waals surface area contributed by atoms with E-state index in [-0.39, 0.29) is 12.4 Å². The van der Waals surface area contributed by atoms with Crippen LogP contribution in [-0.2, 0) is 26.1 Å². The second-order valence-electron chi connectivity index (χ2n) is 1.56. The summed E-state index contributed by atoms with van der Waals surface area (Å²) in [7, 11) is 0. The SMILES string of the molecule is CCCC[CH2][Hg].Cl. The van der Waals surface area contributed by atoms with E-state index in [1.807, 2.05) is 0 Å². The molecule has 0 aromatic rings. The van der Waals surface area contributed by atoms with Gasteiger partial charge in [0.15, 0.2) is 0 Å². The molecule has 41 valence electrons. The summed E-state index contributed by atoms with van der Waals surface area (Å²) in [4.78, 5) is 0. The first-order chi connectivity index (χ1) is 2.91. The van der Waals surface area contributed by atoms with E-state index in [1.54, 1.807) is 3.93 Å². The standard InChI is InChI=1S/C5H11.ClH.Hg/c1-3-5-4-2;;/h1,3-5H2,2H3;1H;. The number of halogens is 1. The summed E-state index contributed by atoms with van der Waals surface area (Å²) in [6.45, 7) is 2.25. The fraction of sp³-hybridized carbons (Fsp3) is 1.00. The van der Waals surface area contributed by atoms with E-state index in [2.05, 4.69) is 6.92 Å². The van der Waals surface area contributed by atoms with Crippen LogP contribution in [0.4, 0.5) is 0 Å². The Hall–Kier alpha value is 1.23. The molecule has 0 heterocycles. The number of unbranched alkanes of at least 4 members (excludes halogenated alkanes) is 2. The molecule has 0 rings (SSSR count). The first-order valence-corrected chi connectivity index (χ1v) is 6.59. The first kappa shape index (κ1) is 11.1. The van der Waals surface area contributed by atoms with Gasteiger partial charge in [-0.25, -0.2) is 0 Å². The van der Waals surface area contributed by atoms with Crippen LogP contribution in [0.1, 0.15) is 26.2 Å². The molecule has 0 radical (unpaired) electrons.